The molecule has 0 bridgehead atoms. The van der Waals surface area contributed by atoms with Gasteiger partial charge in [-0.15, -0.1) is 0 Å². The van der Waals surface area contributed by atoms with Gasteiger partial charge in [-0.25, -0.2) is 0 Å². The quantitative estimate of drug-likeness (QED) is 0.179. The highest BCUT2D eigenvalue weighted by Crippen LogP contribution is 2.57. The summed E-state index contributed by atoms with van der Waals surface area (Å²) in [6.45, 7) is 3.16. The first-order valence-electron chi connectivity index (χ1n) is 16.3. The Labute approximate surface area is 295 Å². The van der Waals surface area contributed by atoms with E-state index in [2.05, 4.69) is 71.6 Å². The number of oxime groups is 2. The van der Waals surface area contributed by atoms with Crippen LogP contribution in [0, 0.1) is 0 Å². The minimum absolute atomic E-state index is 0.0206. The standard InChI is InChI=1S/C41H33Cl2N3O3/c1-28(30-13-7-3-8-14-30)46-26-34(25-29-11-5-2-6-12-29)41(47-39(45-49-41)33-19-23-36(43)24-20-33)40(27-46)37(31-15-9-4-10-16-31)38(44-48-40)32-17-21-35(42)22-18-32/h2-25,28,37H,26-27H2,1H3/b34-25+/t28-,37+,40+,41-/m1/s1. The van der Waals surface area contributed by atoms with E-state index in [-0.39, 0.29) is 6.04 Å². The summed E-state index contributed by atoms with van der Waals surface area (Å²) >= 11 is 12.6. The van der Waals surface area contributed by atoms with Crippen LogP contribution in [0.4, 0.5) is 0 Å². The Balaban J connectivity index is 1.35. The SMILES string of the molecule is C[C@H](c1ccccc1)N1C/C(=C\c2ccccc2)[C@@]2(ON=C(c3ccc(Cl)cc3)O2)[C@@]2(C1)ON=C(c1ccc(Cl)cc1)[C@@H]2c1ccccc1. The van der Waals surface area contributed by atoms with Gasteiger partial charge >= 0.3 is 5.79 Å². The van der Waals surface area contributed by atoms with Crippen LogP contribution in [0.3, 0.4) is 0 Å². The average Bonchev–Trinajstić information content (AvgIpc) is 3.76. The minimum Gasteiger partial charge on any atom is -0.422 e. The molecule has 5 aromatic rings. The van der Waals surface area contributed by atoms with E-state index in [1.165, 1.54) is 5.56 Å². The van der Waals surface area contributed by atoms with Gasteiger partial charge in [0.25, 0.3) is 5.90 Å². The molecule has 8 heteroatoms. The van der Waals surface area contributed by atoms with Gasteiger partial charge in [0, 0.05) is 39.3 Å². The fourth-order valence-electron chi connectivity index (χ4n) is 7.17. The minimum atomic E-state index is -1.50. The second-order valence-corrected chi connectivity index (χ2v) is 13.5. The summed E-state index contributed by atoms with van der Waals surface area (Å²) in [5.41, 5.74) is 5.20. The molecular weight excluding hydrogens is 653 g/mol. The van der Waals surface area contributed by atoms with Crippen LogP contribution in [0.1, 0.15) is 46.7 Å². The number of nitrogens with zero attached hydrogens (tertiary/aromatic N) is 3. The van der Waals surface area contributed by atoms with Crippen molar-refractivity contribution in [1.82, 2.24) is 4.90 Å². The van der Waals surface area contributed by atoms with Gasteiger partial charge in [0.05, 0.1) is 18.2 Å². The second kappa shape index (κ2) is 12.9. The summed E-state index contributed by atoms with van der Waals surface area (Å²) in [5.74, 6) is -1.59. The predicted octanol–water partition coefficient (Wildman–Crippen LogP) is 9.52. The third kappa shape index (κ3) is 5.60. The number of ether oxygens (including phenoxy) is 1. The van der Waals surface area contributed by atoms with E-state index in [0.717, 1.165) is 33.5 Å². The zero-order chi connectivity index (χ0) is 33.4. The summed E-state index contributed by atoms with van der Waals surface area (Å²) < 4.78 is 7.10. The third-order valence-electron chi connectivity index (χ3n) is 9.67. The molecule has 0 aromatic heterocycles. The molecule has 8 rings (SSSR count). The summed E-state index contributed by atoms with van der Waals surface area (Å²) in [6.07, 6.45) is 2.14. The summed E-state index contributed by atoms with van der Waals surface area (Å²) in [4.78, 5) is 16.0. The number of hydrogen-bond acceptors (Lipinski definition) is 6. The van der Waals surface area contributed by atoms with Crippen LogP contribution in [0.15, 0.2) is 155 Å². The Hall–Kier alpha value is -4.88. The molecule has 49 heavy (non-hydrogen) atoms. The van der Waals surface area contributed by atoms with E-state index in [0.29, 0.717) is 29.0 Å². The second-order valence-electron chi connectivity index (χ2n) is 12.6. The van der Waals surface area contributed by atoms with E-state index in [9.17, 15) is 0 Å². The van der Waals surface area contributed by atoms with E-state index in [1.807, 2.05) is 91.0 Å². The third-order valence-corrected chi connectivity index (χ3v) is 10.2. The van der Waals surface area contributed by atoms with Crippen molar-refractivity contribution in [1.29, 1.82) is 0 Å². The molecule has 1 fully saturated rings. The van der Waals surface area contributed by atoms with Gasteiger partial charge in [-0.2, -0.15) is 0 Å². The first-order valence-corrected chi connectivity index (χ1v) is 17.0. The number of fused-ring (bicyclic) bond motifs is 1. The molecule has 0 N–H and O–H groups in total. The number of rotatable bonds is 6. The Bertz CT molecular complexity index is 2040. The molecule has 0 unspecified atom stereocenters. The van der Waals surface area contributed by atoms with Crippen LogP contribution >= 0.6 is 23.2 Å². The van der Waals surface area contributed by atoms with Gasteiger partial charge in [-0.05, 0) is 71.2 Å². The van der Waals surface area contributed by atoms with E-state index >= 15 is 0 Å². The Morgan fingerprint density at radius 3 is 1.96 bits per heavy atom. The Morgan fingerprint density at radius 1 is 0.714 bits per heavy atom. The highest BCUT2D eigenvalue weighted by molar-refractivity contribution is 6.31. The highest BCUT2D eigenvalue weighted by atomic mass is 35.5. The molecule has 244 valence electrons. The molecule has 1 saturated heterocycles. The van der Waals surface area contributed by atoms with Gasteiger partial charge in [0.1, 0.15) is 0 Å². The van der Waals surface area contributed by atoms with Crippen molar-refractivity contribution < 1.29 is 14.4 Å². The van der Waals surface area contributed by atoms with E-state index < -0.39 is 17.3 Å². The summed E-state index contributed by atoms with van der Waals surface area (Å²) in [5, 5.41) is 10.8. The van der Waals surface area contributed by atoms with Gasteiger partial charge in [0.2, 0.25) is 5.60 Å². The average molecular weight is 687 g/mol. The van der Waals surface area contributed by atoms with Gasteiger partial charge < -0.3 is 14.4 Å². The maximum absolute atomic E-state index is 7.10. The number of likely N-dealkylation sites (tertiary alicyclic amines) is 1. The van der Waals surface area contributed by atoms with Crippen molar-refractivity contribution in [3.8, 4) is 0 Å². The van der Waals surface area contributed by atoms with Crippen LogP contribution in [0.5, 0.6) is 0 Å². The normalized spacial score (nSPS) is 24.6. The maximum atomic E-state index is 7.10. The zero-order valence-corrected chi connectivity index (χ0v) is 28.3. The van der Waals surface area contributed by atoms with E-state index in [4.69, 9.17) is 42.8 Å². The van der Waals surface area contributed by atoms with Crippen LogP contribution in [0.25, 0.3) is 6.08 Å². The predicted molar refractivity (Wildman–Crippen MR) is 195 cm³/mol. The van der Waals surface area contributed by atoms with Crippen molar-refractivity contribution in [2.75, 3.05) is 13.1 Å². The monoisotopic (exact) mass is 685 g/mol. The lowest BCUT2D eigenvalue weighted by atomic mass is 9.68. The van der Waals surface area contributed by atoms with E-state index in [1.54, 1.807) is 0 Å². The molecule has 0 amide bonds. The zero-order valence-electron chi connectivity index (χ0n) is 26.7. The van der Waals surface area contributed by atoms with Crippen LogP contribution in [0.2, 0.25) is 10.0 Å². The molecule has 3 aliphatic heterocycles. The van der Waals surface area contributed by atoms with Crippen molar-refractivity contribution in [3.05, 3.63) is 183 Å². The molecule has 0 saturated carbocycles. The van der Waals surface area contributed by atoms with Crippen LogP contribution in [-0.2, 0) is 14.4 Å². The first-order chi connectivity index (χ1) is 24.0. The number of halogens is 2. The van der Waals surface area contributed by atoms with Crippen molar-refractivity contribution in [2.45, 2.75) is 30.3 Å². The molecule has 3 heterocycles. The molecule has 2 spiro atoms. The lowest BCUT2D eigenvalue weighted by molar-refractivity contribution is -0.279. The Morgan fingerprint density at radius 2 is 1.31 bits per heavy atom. The topological polar surface area (TPSA) is 55.7 Å². The largest absolute Gasteiger partial charge is 0.422 e. The van der Waals surface area contributed by atoms with Gasteiger partial charge in [0.15, 0.2) is 0 Å². The number of piperidine rings is 1. The maximum Gasteiger partial charge on any atom is 0.346 e. The number of hydrogen-bond donors (Lipinski definition) is 0. The first kappa shape index (κ1) is 31.4. The van der Waals surface area contributed by atoms with Crippen molar-refractivity contribution >= 4 is 40.9 Å². The smallest absolute Gasteiger partial charge is 0.346 e. The highest BCUT2D eigenvalue weighted by Gasteiger charge is 2.74. The lowest BCUT2D eigenvalue weighted by Gasteiger charge is -2.52. The molecule has 4 atom stereocenters. The molecule has 0 radical (unpaired) electrons. The van der Waals surface area contributed by atoms with Crippen LogP contribution in [-0.4, -0.2) is 41.0 Å². The fourth-order valence-corrected chi connectivity index (χ4v) is 7.43. The summed E-state index contributed by atoms with van der Waals surface area (Å²) in [7, 11) is 0. The lowest BCUT2D eigenvalue weighted by Crippen LogP contribution is -2.69. The molecular formula is C41H33Cl2N3O3. The summed E-state index contributed by atoms with van der Waals surface area (Å²) in [6, 6.07) is 46.1. The number of benzene rings is 5. The molecule has 3 aliphatic rings. The molecule has 6 nitrogen and oxygen atoms in total. The molecule has 5 aromatic carbocycles. The van der Waals surface area contributed by atoms with Crippen molar-refractivity contribution in [3.63, 3.8) is 0 Å². The van der Waals surface area contributed by atoms with Crippen molar-refractivity contribution in [2.24, 2.45) is 10.3 Å². The molecule has 0 aliphatic carbocycles. The fraction of sp³-hybridized carbons (Fsp3) is 0.171. The Kier molecular flexibility index (Phi) is 8.24. The van der Waals surface area contributed by atoms with Gasteiger partial charge in [-0.3, -0.25) is 4.90 Å². The van der Waals surface area contributed by atoms with Crippen LogP contribution < -0.4 is 0 Å². The van der Waals surface area contributed by atoms with Gasteiger partial charge in [-0.1, -0.05) is 131 Å².